The Morgan fingerprint density at radius 2 is 1.84 bits per heavy atom. The standard InChI is InChI=1S/C24H29N3O5/c1-16-23(17-4-7-21(29-2)22(14-17)30-3)24(26-25-16)19-6-5-18(15-20(19)28)32-13-10-27-8-11-31-12-9-27/h4-7,14-15,28H,8-13H2,1-3H3,(H,25,26). The van der Waals surface area contributed by atoms with Gasteiger partial charge in [-0.2, -0.15) is 5.10 Å². The molecule has 0 atom stereocenters. The number of rotatable bonds is 8. The van der Waals surface area contributed by atoms with E-state index in [-0.39, 0.29) is 5.75 Å². The van der Waals surface area contributed by atoms with E-state index in [0.29, 0.717) is 35.1 Å². The van der Waals surface area contributed by atoms with Crippen LogP contribution in [-0.4, -0.2) is 73.9 Å². The maximum Gasteiger partial charge on any atom is 0.161 e. The van der Waals surface area contributed by atoms with Gasteiger partial charge in [0.1, 0.15) is 23.8 Å². The van der Waals surface area contributed by atoms with E-state index in [2.05, 4.69) is 15.1 Å². The molecule has 0 amide bonds. The lowest BCUT2D eigenvalue weighted by Gasteiger charge is -2.26. The van der Waals surface area contributed by atoms with Gasteiger partial charge in [-0.25, -0.2) is 0 Å². The molecule has 1 fully saturated rings. The Bertz CT molecular complexity index is 1060. The number of morpholine rings is 1. The molecule has 0 bridgehead atoms. The van der Waals surface area contributed by atoms with Crippen LogP contribution in [0.5, 0.6) is 23.0 Å². The summed E-state index contributed by atoms with van der Waals surface area (Å²) in [5.74, 6) is 2.02. The highest BCUT2D eigenvalue weighted by Crippen LogP contribution is 2.41. The number of nitrogens with one attached hydrogen (secondary N) is 1. The van der Waals surface area contributed by atoms with Crippen LogP contribution < -0.4 is 14.2 Å². The van der Waals surface area contributed by atoms with E-state index >= 15 is 0 Å². The van der Waals surface area contributed by atoms with Crippen molar-refractivity contribution in [1.29, 1.82) is 0 Å². The summed E-state index contributed by atoms with van der Waals surface area (Å²) < 4.78 is 22.0. The lowest BCUT2D eigenvalue weighted by atomic mass is 9.98. The van der Waals surface area contributed by atoms with Crippen LogP contribution in [0.4, 0.5) is 0 Å². The van der Waals surface area contributed by atoms with E-state index in [9.17, 15) is 5.11 Å². The highest BCUT2D eigenvalue weighted by molar-refractivity contribution is 5.85. The molecule has 2 heterocycles. The number of phenols is 1. The van der Waals surface area contributed by atoms with E-state index in [0.717, 1.165) is 49.7 Å². The average Bonchev–Trinajstić information content (AvgIpc) is 3.20. The smallest absolute Gasteiger partial charge is 0.161 e. The molecule has 0 unspecified atom stereocenters. The van der Waals surface area contributed by atoms with Gasteiger partial charge in [-0.15, -0.1) is 0 Å². The molecular weight excluding hydrogens is 410 g/mol. The number of benzene rings is 2. The quantitative estimate of drug-likeness (QED) is 0.555. The summed E-state index contributed by atoms with van der Waals surface area (Å²) in [7, 11) is 3.21. The van der Waals surface area contributed by atoms with Gasteiger partial charge in [0.2, 0.25) is 0 Å². The number of aromatic nitrogens is 2. The predicted octanol–water partition coefficient (Wildman–Crippen LogP) is 3.49. The van der Waals surface area contributed by atoms with Gasteiger partial charge < -0.3 is 24.1 Å². The van der Waals surface area contributed by atoms with Crippen molar-refractivity contribution in [2.45, 2.75) is 6.92 Å². The van der Waals surface area contributed by atoms with Gasteiger partial charge >= 0.3 is 0 Å². The first-order chi connectivity index (χ1) is 15.6. The molecule has 1 aliphatic rings. The van der Waals surface area contributed by atoms with E-state index in [1.54, 1.807) is 20.3 Å². The van der Waals surface area contributed by atoms with Gasteiger partial charge in [-0.3, -0.25) is 10.00 Å². The van der Waals surface area contributed by atoms with Gasteiger partial charge in [0.05, 0.1) is 27.4 Å². The average molecular weight is 440 g/mol. The van der Waals surface area contributed by atoms with Crippen LogP contribution in [0.15, 0.2) is 36.4 Å². The third-order valence-electron chi connectivity index (χ3n) is 5.62. The monoisotopic (exact) mass is 439 g/mol. The Hall–Kier alpha value is -3.23. The fraction of sp³-hybridized carbons (Fsp3) is 0.375. The van der Waals surface area contributed by atoms with Crippen molar-refractivity contribution in [2.24, 2.45) is 0 Å². The van der Waals surface area contributed by atoms with E-state index in [1.807, 2.05) is 37.3 Å². The SMILES string of the molecule is COc1ccc(-c2c(-c3ccc(OCCN4CCOCC4)cc3O)n[nH]c2C)cc1OC. The molecule has 2 N–H and O–H groups in total. The fourth-order valence-electron chi connectivity index (χ4n) is 3.89. The third-order valence-corrected chi connectivity index (χ3v) is 5.62. The molecule has 4 rings (SSSR count). The number of hydrogen-bond acceptors (Lipinski definition) is 7. The van der Waals surface area contributed by atoms with Crippen LogP contribution in [0.2, 0.25) is 0 Å². The predicted molar refractivity (Wildman–Crippen MR) is 122 cm³/mol. The minimum absolute atomic E-state index is 0.113. The minimum Gasteiger partial charge on any atom is -0.507 e. The molecule has 1 aromatic heterocycles. The maximum absolute atomic E-state index is 10.8. The molecule has 0 radical (unpaired) electrons. The lowest BCUT2D eigenvalue weighted by Crippen LogP contribution is -2.38. The zero-order valence-electron chi connectivity index (χ0n) is 18.7. The third kappa shape index (κ3) is 4.66. The van der Waals surface area contributed by atoms with Crippen LogP contribution in [0.3, 0.4) is 0 Å². The summed E-state index contributed by atoms with van der Waals surface area (Å²) >= 11 is 0. The first kappa shape index (κ1) is 22.0. The molecule has 8 heteroatoms. The number of aromatic amines is 1. The molecule has 170 valence electrons. The first-order valence-electron chi connectivity index (χ1n) is 10.6. The van der Waals surface area contributed by atoms with E-state index < -0.39 is 0 Å². The van der Waals surface area contributed by atoms with E-state index in [4.69, 9.17) is 18.9 Å². The molecule has 0 saturated carbocycles. The summed E-state index contributed by atoms with van der Waals surface area (Å²) in [6.07, 6.45) is 0. The number of methoxy groups -OCH3 is 2. The summed E-state index contributed by atoms with van der Waals surface area (Å²) in [5, 5.41) is 18.2. The van der Waals surface area contributed by atoms with Crippen molar-refractivity contribution in [3.05, 3.63) is 42.1 Å². The number of ether oxygens (including phenoxy) is 4. The second-order valence-corrected chi connectivity index (χ2v) is 7.62. The van der Waals surface area contributed by atoms with Crippen LogP contribution in [-0.2, 0) is 4.74 Å². The van der Waals surface area contributed by atoms with Crippen LogP contribution >= 0.6 is 0 Å². The summed E-state index contributed by atoms with van der Waals surface area (Å²) in [6, 6.07) is 11.0. The number of nitrogens with zero attached hydrogens (tertiary/aromatic N) is 2. The van der Waals surface area contributed by atoms with Gasteiger partial charge in [0.15, 0.2) is 11.5 Å². The van der Waals surface area contributed by atoms with Crippen molar-refractivity contribution in [1.82, 2.24) is 15.1 Å². The summed E-state index contributed by atoms with van der Waals surface area (Å²) in [4.78, 5) is 2.31. The molecule has 1 aliphatic heterocycles. The Morgan fingerprint density at radius 3 is 2.56 bits per heavy atom. The maximum atomic E-state index is 10.8. The highest BCUT2D eigenvalue weighted by Gasteiger charge is 2.19. The Kier molecular flexibility index (Phi) is 6.82. The minimum atomic E-state index is 0.113. The highest BCUT2D eigenvalue weighted by atomic mass is 16.5. The topological polar surface area (TPSA) is 89.1 Å². The van der Waals surface area contributed by atoms with Gasteiger partial charge in [0.25, 0.3) is 0 Å². The molecule has 32 heavy (non-hydrogen) atoms. The molecule has 8 nitrogen and oxygen atoms in total. The van der Waals surface area contributed by atoms with Crippen molar-refractivity contribution in [3.8, 4) is 45.4 Å². The van der Waals surface area contributed by atoms with Gasteiger partial charge in [-0.05, 0) is 36.8 Å². The van der Waals surface area contributed by atoms with Crippen molar-refractivity contribution >= 4 is 0 Å². The number of H-pyrrole nitrogens is 1. The van der Waals surface area contributed by atoms with Gasteiger partial charge in [0, 0.05) is 42.5 Å². The van der Waals surface area contributed by atoms with Crippen molar-refractivity contribution in [2.75, 3.05) is 53.7 Å². The zero-order chi connectivity index (χ0) is 22.5. The largest absolute Gasteiger partial charge is 0.507 e. The molecule has 2 aromatic carbocycles. The van der Waals surface area contributed by atoms with Crippen LogP contribution in [0.25, 0.3) is 22.4 Å². The normalized spacial score (nSPS) is 14.3. The first-order valence-corrected chi connectivity index (χ1v) is 10.6. The Balaban J connectivity index is 1.54. The summed E-state index contributed by atoms with van der Waals surface area (Å²) in [5.41, 5.74) is 3.97. The van der Waals surface area contributed by atoms with Crippen LogP contribution in [0.1, 0.15) is 5.69 Å². The number of phenolic OH excluding ortho intramolecular Hbond substituents is 1. The number of aromatic hydroxyl groups is 1. The second kappa shape index (κ2) is 9.93. The van der Waals surface area contributed by atoms with Crippen molar-refractivity contribution in [3.63, 3.8) is 0 Å². The lowest BCUT2D eigenvalue weighted by molar-refractivity contribution is 0.0322. The Morgan fingerprint density at radius 1 is 1.06 bits per heavy atom. The molecule has 0 aliphatic carbocycles. The zero-order valence-corrected chi connectivity index (χ0v) is 18.7. The number of aryl methyl sites for hydroxylation is 1. The number of hydrogen-bond donors (Lipinski definition) is 2. The molecule has 0 spiro atoms. The summed E-state index contributed by atoms with van der Waals surface area (Å²) in [6.45, 7) is 6.70. The van der Waals surface area contributed by atoms with E-state index in [1.165, 1.54) is 0 Å². The molecular formula is C24H29N3O5. The van der Waals surface area contributed by atoms with Crippen molar-refractivity contribution < 1.29 is 24.1 Å². The Labute approximate surface area is 187 Å². The fourth-order valence-corrected chi connectivity index (χ4v) is 3.89. The van der Waals surface area contributed by atoms with Crippen LogP contribution in [0, 0.1) is 6.92 Å². The molecule has 1 saturated heterocycles. The molecule has 3 aromatic rings. The van der Waals surface area contributed by atoms with Gasteiger partial charge in [-0.1, -0.05) is 6.07 Å². The second-order valence-electron chi connectivity index (χ2n) is 7.62.